The van der Waals surface area contributed by atoms with Crippen molar-refractivity contribution in [2.75, 3.05) is 17.2 Å². The van der Waals surface area contributed by atoms with Crippen molar-refractivity contribution in [1.82, 2.24) is 20.1 Å². The monoisotopic (exact) mass is 497 g/mol. The van der Waals surface area contributed by atoms with E-state index in [1.54, 1.807) is 6.07 Å². The SMILES string of the molecule is Cc1cccc(C(=O)NCc2nnc(SCC(=O)N3CCCc4ccccc43)n2-c2ccccc2)c1. The second kappa shape index (κ2) is 10.8. The number of carbonyl (C=O) groups excluding carboxylic acids is 2. The number of fused-ring (bicyclic) bond motifs is 1. The van der Waals surface area contributed by atoms with Gasteiger partial charge in [0.1, 0.15) is 0 Å². The van der Waals surface area contributed by atoms with E-state index in [2.05, 4.69) is 21.6 Å². The van der Waals surface area contributed by atoms with E-state index in [0.717, 1.165) is 36.3 Å². The molecular weight excluding hydrogens is 470 g/mol. The first-order valence-electron chi connectivity index (χ1n) is 12.0. The Labute approximate surface area is 214 Å². The largest absolute Gasteiger partial charge is 0.345 e. The molecule has 0 spiro atoms. The normalized spacial score (nSPS) is 12.8. The minimum atomic E-state index is -0.172. The molecule has 0 aliphatic carbocycles. The predicted molar refractivity (Wildman–Crippen MR) is 142 cm³/mol. The van der Waals surface area contributed by atoms with Crippen LogP contribution in [0, 0.1) is 6.92 Å². The average molecular weight is 498 g/mol. The molecule has 8 heteroatoms. The van der Waals surface area contributed by atoms with Crippen LogP contribution in [-0.4, -0.2) is 38.9 Å². The topological polar surface area (TPSA) is 80.1 Å². The summed E-state index contributed by atoms with van der Waals surface area (Å²) in [4.78, 5) is 27.7. The highest BCUT2D eigenvalue weighted by atomic mass is 32.2. The lowest BCUT2D eigenvalue weighted by molar-refractivity contribution is -0.116. The number of thioether (sulfide) groups is 1. The van der Waals surface area contributed by atoms with Gasteiger partial charge in [0.25, 0.3) is 5.91 Å². The van der Waals surface area contributed by atoms with E-state index in [4.69, 9.17) is 0 Å². The number of nitrogens with zero attached hydrogens (tertiary/aromatic N) is 4. The molecule has 2 amide bonds. The van der Waals surface area contributed by atoms with Gasteiger partial charge in [-0.2, -0.15) is 0 Å². The number of rotatable bonds is 7. The molecule has 0 atom stereocenters. The average Bonchev–Trinajstić information content (AvgIpc) is 3.33. The summed E-state index contributed by atoms with van der Waals surface area (Å²) in [5.41, 5.74) is 4.71. The first-order chi connectivity index (χ1) is 17.6. The maximum absolute atomic E-state index is 13.2. The molecule has 0 saturated heterocycles. The second-order valence-corrected chi connectivity index (χ2v) is 9.63. The number of para-hydroxylation sites is 2. The van der Waals surface area contributed by atoms with Gasteiger partial charge in [0.05, 0.1) is 12.3 Å². The summed E-state index contributed by atoms with van der Waals surface area (Å²) < 4.78 is 1.90. The van der Waals surface area contributed by atoms with Crippen LogP contribution in [0.2, 0.25) is 0 Å². The zero-order valence-electron chi connectivity index (χ0n) is 20.1. The zero-order chi connectivity index (χ0) is 24.9. The number of aryl methyl sites for hydroxylation is 2. The predicted octanol–water partition coefficient (Wildman–Crippen LogP) is 4.58. The smallest absolute Gasteiger partial charge is 0.251 e. The van der Waals surface area contributed by atoms with E-state index >= 15 is 0 Å². The van der Waals surface area contributed by atoms with Gasteiger partial charge in [-0.15, -0.1) is 10.2 Å². The number of hydrogen-bond acceptors (Lipinski definition) is 5. The fourth-order valence-electron chi connectivity index (χ4n) is 4.39. The molecule has 1 aliphatic rings. The van der Waals surface area contributed by atoms with Gasteiger partial charge < -0.3 is 10.2 Å². The van der Waals surface area contributed by atoms with Crippen molar-refractivity contribution in [3.63, 3.8) is 0 Å². The summed E-state index contributed by atoms with van der Waals surface area (Å²) in [5, 5.41) is 12.3. The van der Waals surface area contributed by atoms with Crippen molar-refractivity contribution in [2.24, 2.45) is 0 Å². The molecule has 182 valence electrons. The van der Waals surface area contributed by atoms with Crippen molar-refractivity contribution in [1.29, 1.82) is 0 Å². The van der Waals surface area contributed by atoms with Crippen molar-refractivity contribution >= 4 is 29.3 Å². The Morgan fingerprint density at radius 2 is 1.78 bits per heavy atom. The molecule has 3 aromatic carbocycles. The van der Waals surface area contributed by atoms with Crippen LogP contribution in [0.15, 0.2) is 84.0 Å². The molecule has 0 fully saturated rings. The van der Waals surface area contributed by atoms with Gasteiger partial charge in [-0.3, -0.25) is 14.2 Å². The van der Waals surface area contributed by atoms with Crippen LogP contribution < -0.4 is 10.2 Å². The number of anilines is 1. The van der Waals surface area contributed by atoms with Crippen molar-refractivity contribution in [3.05, 3.63) is 101 Å². The summed E-state index contributed by atoms with van der Waals surface area (Å²) in [6.07, 6.45) is 1.95. The van der Waals surface area contributed by atoms with E-state index < -0.39 is 0 Å². The van der Waals surface area contributed by atoms with E-state index in [1.165, 1.54) is 17.3 Å². The number of nitrogens with one attached hydrogen (secondary N) is 1. The Balaban J connectivity index is 1.33. The van der Waals surface area contributed by atoms with Crippen LogP contribution in [0.4, 0.5) is 5.69 Å². The molecule has 1 aromatic heterocycles. The molecule has 2 heterocycles. The third kappa shape index (κ3) is 5.18. The maximum Gasteiger partial charge on any atom is 0.251 e. The minimum Gasteiger partial charge on any atom is -0.345 e. The molecule has 0 unspecified atom stereocenters. The lowest BCUT2D eigenvalue weighted by Crippen LogP contribution is -2.36. The van der Waals surface area contributed by atoms with Crippen LogP contribution in [0.25, 0.3) is 5.69 Å². The Hall–Kier alpha value is -3.91. The van der Waals surface area contributed by atoms with Gasteiger partial charge in [-0.1, -0.05) is 65.9 Å². The van der Waals surface area contributed by atoms with Gasteiger partial charge in [0, 0.05) is 23.5 Å². The van der Waals surface area contributed by atoms with Crippen LogP contribution in [0.1, 0.15) is 33.7 Å². The van der Waals surface area contributed by atoms with Gasteiger partial charge in [-0.05, 0) is 55.7 Å². The summed E-state index contributed by atoms with van der Waals surface area (Å²) in [5.74, 6) is 0.716. The fourth-order valence-corrected chi connectivity index (χ4v) is 5.24. The number of aromatic nitrogens is 3. The lowest BCUT2D eigenvalue weighted by atomic mass is 10.0. The van der Waals surface area contributed by atoms with Crippen molar-refractivity contribution in [2.45, 2.75) is 31.5 Å². The molecule has 0 radical (unpaired) electrons. The number of hydrogen-bond donors (Lipinski definition) is 1. The van der Waals surface area contributed by atoms with Crippen LogP contribution in [0.3, 0.4) is 0 Å². The fraction of sp³-hybridized carbons (Fsp3) is 0.214. The standard InChI is InChI=1S/C28H27N5O2S/c1-20-9-7-11-22(17-20)27(35)29-18-25-30-31-28(33(25)23-13-3-2-4-14-23)36-19-26(34)32-16-8-12-21-10-5-6-15-24(21)32/h2-7,9-11,13-15,17H,8,12,16,18-19H2,1H3,(H,29,35). The first-order valence-corrected chi connectivity index (χ1v) is 12.9. The lowest BCUT2D eigenvalue weighted by Gasteiger charge is -2.29. The summed E-state index contributed by atoms with van der Waals surface area (Å²) in [6, 6.07) is 25.3. The maximum atomic E-state index is 13.2. The number of benzene rings is 3. The Morgan fingerprint density at radius 3 is 2.61 bits per heavy atom. The highest BCUT2D eigenvalue weighted by molar-refractivity contribution is 7.99. The van der Waals surface area contributed by atoms with Crippen molar-refractivity contribution < 1.29 is 9.59 Å². The third-order valence-corrected chi connectivity index (χ3v) is 7.05. The van der Waals surface area contributed by atoms with Gasteiger partial charge in [-0.25, -0.2) is 0 Å². The molecule has 0 saturated carbocycles. The second-order valence-electron chi connectivity index (χ2n) is 8.69. The molecule has 1 N–H and O–H groups in total. The number of amides is 2. The van der Waals surface area contributed by atoms with Crippen LogP contribution in [-0.2, 0) is 17.8 Å². The van der Waals surface area contributed by atoms with E-state index in [0.29, 0.717) is 16.5 Å². The molecule has 0 bridgehead atoms. The van der Waals surface area contributed by atoms with E-state index in [1.807, 2.05) is 83.1 Å². The third-order valence-electron chi connectivity index (χ3n) is 6.14. The number of carbonyl (C=O) groups is 2. The molecule has 7 nitrogen and oxygen atoms in total. The quantitative estimate of drug-likeness (QED) is 0.378. The summed E-state index contributed by atoms with van der Waals surface area (Å²) >= 11 is 1.36. The summed E-state index contributed by atoms with van der Waals surface area (Å²) in [6.45, 7) is 2.89. The first kappa shape index (κ1) is 23.8. The molecule has 1 aliphatic heterocycles. The summed E-state index contributed by atoms with van der Waals surface area (Å²) in [7, 11) is 0. The highest BCUT2D eigenvalue weighted by Crippen LogP contribution is 2.29. The molecular formula is C28H27N5O2S. The van der Waals surface area contributed by atoms with E-state index in [-0.39, 0.29) is 24.1 Å². The molecule has 36 heavy (non-hydrogen) atoms. The molecule has 4 aromatic rings. The van der Waals surface area contributed by atoms with Gasteiger partial charge >= 0.3 is 0 Å². The molecule has 5 rings (SSSR count). The Morgan fingerprint density at radius 1 is 0.972 bits per heavy atom. The van der Waals surface area contributed by atoms with Gasteiger partial charge in [0.2, 0.25) is 5.91 Å². The van der Waals surface area contributed by atoms with Crippen LogP contribution >= 0.6 is 11.8 Å². The minimum absolute atomic E-state index is 0.0454. The highest BCUT2D eigenvalue weighted by Gasteiger charge is 2.23. The Bertz CT molecular complexity index is 1390. The van der Waals surface area contributed by atoms with Crippen molar-refractivity contribution in [3.8, 4) is 5.69 Å². The van der Waals surface area contributed by atoms with E-state index in [9.17, 15) is 9.59 Å². The Kier molecular flexibility index (Phi) is 7.13. The van der Waals surface area contributed by atoms with Gasteiger partial charge in [0.15, 0.2) is 11.0 Å². The zero-order valence-corrected chi connectivity index (χ0v) is 20.9. The van der Waals surface area contributed by atoms with Crippen LogP contribution in [0.5, 0.6) is 0 Å².